The van der Waals surface area contributed by atoms with E-state index in [1.165, 1.54) is 19.2 Å². The smallest absolute Gasteiger partial charge is 0.314 e. The van der Waals surface area contributed by atoms with Crippen molar-refractivity contribution in [1.82, 2.24) is 9.97 Å². The topological polar surface area (TPSA) is 109 Å². The number of ether oxygens (including phenoxy) is 1. The van der Waals surface area contributed by atoms with Gasteiger partial charge in [-0.05, 0) is 42.8 Å². The summed E-state index contributed by atoms with van der Waals surface area (Å²) >= 11 is 0. The third-order valence-electron chi connectivity index (χ3n) is 5.29. The van der Waals surface area contributed by atoms with E-state index >= 15 is 0 Å². The first kappa shape index (κ1) is 20.4. The summed E-state index contributed by atoms with van der Waals surface area (Å²) in [5.74, 6) is -4.20. The Morgan fingerprint density at radius 1 is 1.19 bits per heavy atom. The van der Waals surface area contributed by atoms with Gasteiger partial charge >= 0.3 is 5.97 Å². The lowest BCUT2D eigenvalue weighted by Crippen LogP contribution is -2.32. The Morgan fingerprint density at radius 2 is 1.90 bits per heavy atom. The number of halogens is 1. The zero-order valence-electron chi connectivity index (χ0n) is 16.5. The molecule has 9 heteroatoms. The van der Waals surface area contributed by atoms with E-state index in [2.05, 4.69) is 9.97 Å². The highest BCUT2D eigenvalue weighted by atomic mass is 19.1. The Morgan fingerprint density at radius 3 is 2.61 bits per heavy atom. The maximum Gasteiger partial charge on any atom is 0.314 e. The van der Waals surface area contributed by atoms with Crippen molar-refractivity contribution in [2.75, 3.05) is 12.0 Å². The number of aromatic amines is 1. The molecule has 158 valence electrons. The van der Waals surface area contributed by atoms with Crippen molar-refractivity contribution in [3.63, 3.8) is 0 Å². The first-order valence-electron chi connectivity index (χ1n) is 9.58. The van der Waals surface area contributed by atoms with Crippen molar-refractivity contribution in [3.8, 4) is 0 Å². The summed E-state index contributed by atoms with van der Waals surface area (Å²) < 4.78 is 18.0. The van der Waals surface area contributed by atoms with E-state index in [-0.39, 0.29) is 24.2 Å². The minimum absolute atomic E-state index is 0.0777. The van der Waals surface area contributed by atoms with Crippen LogP contribution in [-0.4, -0.2) is 34.9 Å². The Bertz CT molecular complexity index is 1240. The van der Waals surface area contributed by atoms with Crippen LogP contribution in [0.1, 0.15) is 24.5 Å². The summed E-state index contributed by atoms with van der Waals surface area (Å²) in [6.07, 6.45) is -0.265. The normalized spacial score (nSPS) is 17.2. The van der Waals surface area contributed by atoms with Crippen molar-refractivity contribution in [2.45, 2.75) is 18.8 Å². The highest BCUT2D eigenvalue weighted by Gasteiger charge is 2.42. The first-order chi connectivity index (χ1) is 14.9. The third-order valence-corrected chi connectivity index (χ3v) is 5.29. The molecule has 1 N–H and O–H groups in total. The molecule has 1 fully saturated rings. The summed E-state index contributed by atoms with van der Waals surface area (Å²) in [6, 6.07) is 11.8. The quantitative estimate of drug-likeness (QED) is 0.498. The Hall–Kier alpha value is -3.88. The number of nitrogens with one attached hydrogen (secondary N) is 1. The molecular formula is C22H18FN3O5. The van der Waals surface area contributed by atoms with E-state index < -0.39 is 41.0 Å². The molecule has 2 aromatic carbocycles. The van der Waals surface area contributed by atoms with Gasteiger partial charge in [0, 0.05) is 12.3 Å². The number of benzene rings is 2. The zero-order valence-corrected chi connectivity index (χ0v) is 16.5. The molecular weight excluding hydrogens is 405 g/mol. The molecule has 4 rings (SSSR count). The van der Waals surface area contributed by atoms with Gasteiger partial charge in [0.1, 0.15) is 17.4 Å². The fourth-order valence-corrected chi connectivity index (χ4v) is 3.77. The number of para-hydroxylation sites is 2. The number of methoxy groups -OCH3 is 1. The number of nitrogens with zero attached hydrogens (tertiary/aromatic N) is 2. The lowest BCUT2D eigenvalue weighted by molar-refractivity contribution is -0.143. The first-order valence-corrected chi connectivity index (χ1v) is 9.58. The summed E-state index contributed by atoms with van der Waals surface area (Å²) in [5.41, 5.74) is 0.588. The number of rotatable bonds is 5. The molecule has 0 saturated carbocycles. The number of imide groups is 1. The lowest BCUT2D eigenvalue weighted by atomic mass is 9.90. The van der Waals surface area contributed by atoms with E-state index in [0.29, 0.717) is 11.0 Å². The number of esters is 1. The number of anilines is 1. The number of amides is 2. The number of aromatic nitrogens is 2. The summed E-state index contributed by atoms with van der Waals surface area (Å²) in [6.45, 7) is 0. The second-order valence-corrected chi connectivity index (χ2v) is 7.22. The summed E-state index contributed by atoms with van der Waals surface area (Å²) in [4.78, 5) is 58.5. The van der Waals surface area contributed by atoms with E-state index in [0.717, 1.165) is 17.0 Å². The van der Waals surface area contributed by atoms with Gasteiger partial charge in [0.25, 0.3) is 5.56 Å². The highest BCUT2D eigenvalue weighted by Crippen LogP contribution is 2.33. The van der Waals surface area contributed by atoms with Crippen LogP contribution in [0.2, 0.25) is 0 Å². The standard InChI is InChI=1S/C22H18FN3O5/c1-31-22(30)15(19-20(28)25-17-5-3-2-4-16(17)24-19)10-12-11-18(27)26(21(12)29)14-8-6-13(23)7-9-14/h2-9,12,15H,10-11H2,1H3,(H,25,28). The van der Waals surface area contributed by atoms with Gasteiger partial charge in [-0.15, -0.1) is 0 Å². The molecule has 8 nitrogen and oxygen atoms in total. The molecule has 1 saturated heterocycles. The van der Waals surface area contributed by atoms with Crippen LogP contribution in [0, 0.1) is 11.7 Å². The van der Waals surface area contributed by atoms with Crippen LogP contribution in [-0.2, 0) is 19.1 Å². The molecule has 3 aromatic rings. The fraction of sp³-hybridized carbons (Fsp3) is 0.227. The molecule has 2 heterocycles. The van der Waals surface area contributed by atoms with Crippen molar-refractivity contribution in [3.05, 3.63) is 70.4 Å². The number of fused-ring (bicyclic) bond motifs is 1. The number of H-pyrrole nitrogens is 1. The number of hydrogen-bond acceptors (Lipinski definition) is 6. The number of carbonyl (C=O) groups is 3. The van der Waals surface area contributed by atoms with Gasteiger partial charge in [0.2, 0.25) is 11.8 Å². The van der Waals surface area contributed by atoms with E-state index in [4.69, 9.17) is 4.74 Å². The molecule has 0 aliphatic carbocycles. The van der Waals surface area contributed by atoms with Crippen LogP contribution in [0.4, 0.5) is 10.1 Å². The monoisotopic (exact) mass is 423 g/mol. The van der Waals surface area contributed by atoms with Crippen molar-refractivity contribution in [1.29, 1.82) is 0 Å². The predicted octanol–water partition coefficient (Wildman–Crippen LogP) is 2.29. The van der Waals surface area contributed by atoms with Crippen molar-refractivity contribution in [2.24, 2.45) is 5.92 Å². The van der Waals surface area contributed by atoms with Crippen LogP contribution in [0.3, 0.4) is 0 Å². The van der Waals surface area contributed by atoms with E-state index in [9.17, 15) is 23.6 Å². The van der Waals surface area contributed by atoms with Gasteiger partial charge in [0.15, 0.2) is 0 Å². The largest absolute Gasteiger partial charge is 0.469 e. The van der Waals surface area contributed by atoms with E-state index in [1.54, 1.807) is 24.3 Å². The van der Waals surface area contributed by atoms with Gasteiger partial charge in [-0.3, -0.25) is 24.1 Å². The van der Waals surface area contributed by atoms with Crippen LogP contribution in [0.15, 0.2) is 53.3 Å². The van der Waals surface area contributed by atoms with Crippen LogP contribution >= 0.6 is 0 Å². The molecule has 2 atom stereocenters. The molecule has 31 heavy (non-hydrogen) atoms. The molecule has 2 amide bonds. The molecule has 1 aromatic heterocycles. The summed E-state index contributed by atoms with van der Waals surface area (Å²) in [5, 5.41) is 0. The lowest BCUT2D eigenvalue weighted by Gasteiger charge is -2.18. The molecule has 2 unspecified atom stereocenters. The minimum atomic E-state index is -1.13. The number of hydrogen-bond donors (Lipinski definition) is 1. The van der Waals surface area contributed by atoms with Gasteiger partial charge < -0.3 is 9.72 Å². The maximum atomic E-state index is 13.2. The summed E-state index contributed by atoms with van der Waals surface area (Å²) in [7, 11) is 1.18. The van der Waals surface area contributed by atoms with Gasteiger partial charge in [-0.1, -0.05) is 12.1 Å². The van der Waals surface area contributed by atoms with Crippen molar-refractivity contribution >= 4 is 34.5 Å². The van der Waals surface area contributed by atoms with Gasteiger partial charge in [-0.2, -0.15) is 0 Å². The molecule has 0 bridgehead atoms. The Balaban J connectivity index is 1.66. The van der Waals surface area contributed by atoms with E-state index in [1.807, 2.05) is 0 Å². The minimum Gasteiger partial charge on any atom is -0.469 e. The van der Waals surface area contributed by atoms with Gasteiger partial charge in [-0.25, -0.2) is 9.37 Å². The predicted molar refractivity (Wildman–Crippen MR) is 109 cm³/mol. The Kier molecular flexibility index (Phi) is 5.33. The Labute approximate surface area is 175 Å². The highest BCUT2D eigenvalue weighted by molar-refractivity contribution is 6.21. The van der Waals surface area contributed by atoms with Crippen molar-refractivity contribution < 1.29 is 23.5 Å². The second-order valence-electron chi connectivity index (χ2n) is 7.22. The molecule has 0 radical (unpaired) electrons. The fourth-order valence-electron chi connectivity index (χ4n) is 3.77. The second kappa shape index (κ2) is 8.10. The maximum absolute atomic E-state index is 13.2. The van der Waals surface area contributed by atoms with Gasteiger partial charge in [0.05, 0.1) is 23.8 Å². The molecule has 1 aliphatic rings. The zero-order chi connectivity index (χ0) is 22.1. The van der Waals surface area contributed by atoms with Crippen LogP contribution in [0.5, 0.6) is 0 Å². The molecule has 0 spiro atoms. The number of carbonyl (C=O) groups excluding carboxylic acids is 3. The average Bonchev–Trinajstić information content (AvgIpc) is 3.04. The van der Waals surface area contributed by atoms with Crippen LogP contribution in [0.25, 0.3) is 11.0 Å². The SMILES string of the molecule is COC(=O)C(CC1CC(=O)N(c2ccc(F)cc2)C1=O)c1nc2ccccc2[nH]c1=O. The van der Waals surface area contributed by atoms with Crippen LogP contribution < -0.4 is 10.5 Å². The third kappa shape index (κ3) is 3.81. The average molecular weight is 423 g/mol. The molecule has 1 aliphatic heterocycles.